The Hall–Kier alpha value is -1.08. The fraction of sp³-hybridized carbons (Fsp3) is 0.267. The Morgan fingerprint density at radius 3 is 2.75 bits per heavy atom. The zero-order valence-electron chi connectivity index (χ0n) is 11.6. The van der Waals surface area contributed by atoms with Gasteiger partial charge >= 0.3 is 5.97 Å². The van der Waals surface area contributed by atoms with Crippen LogP contribution in [0.2, 0.25) is 0 Å². The Bertz CT molecular complexity index is 664. The molecule has 0 saturated heterocycles. The third kappa shape index (κ3) is 2.56. The van der Waals surface area contributed by atoms with Gasteiger partial charge in [-0.15, -0.1) is 11.3 Å². The van der Waals surface area contributed by atoms with Crippen molar-refractivity contribution >= 4 is 45.6 Å². The molecule has 0 spiro atoms. The molecule has 1 aromatic carbocycles. The monoisotopic (exact) mass is 401 g/mol. The zero-order chi connectivity index (χ0) is 14.9. The molecule has 1 aromatic heterocycles. The van der Waals surface area contributed by atoms with Crippen LogP contribution in [0.15, 0.2) is 18.2 Å². The Balaban J connectivity index is 2.68. The first-order valence-corrected chi connectivity index (χ1v) is 8.15. The van der Waals surface area contributed by atoms with Gasteiger partial charge in [0.2, 0.25) is 0 Å². The van der Waals surface area contributed by atoms with E-state index in [1.54, 1.807) is 0 Å². The third-order valence-corrected chi connectivity index (χ3v) is 5.90. The normalized spacial score (nSPS) is 10.6. The van der Waals surface area contributed by atoms with Crippen molar-refractivity contribution in [2.24, 2.45) is 0 Å². The standard InChI is InChI=1S/C15H16INO2S/c1-4-9-12(17)14(15(18)19-3)20-13(9)10-7-5-6-8(2)11(10)16/h5-7H,4,17H2,1-3H3. The summed E-state index contributed by atoms with van der Waals surface area (Å²) >= 11 is 3.75. The van der Waals surface area contributed by atoms with Crippen molar-refractivity contribution < 1.29 is 9.53 Å². The summed E-state index contributed by atoms with van der Waals surface area (Å²) in [5.41, 5.74) is 10.1. The number of rotatable bonds is 3. The van der Waals surface area contributed by atoms with E-state index in [1.807, 2.05) is 13.0 Å². The highest BCUT2D eigenvalue weighted by Crippen LogP contribution is 2.41. The van der Waals surface area contributed by atoms with Gasteiger partial charge in [-0.05, 0) is 47.1 Å². The summed E-state index contributed by atoms with van der Waals surface area (Å²) in [7, 11) is 1.38. The molecule has 0 aliphatic carbocycles. The Kier molecular flexibility index (Phi) is 4.70. The number of methoxy groups -OCH3 is 1. The summed E-state index contributed by atoms with van der Waals surface area (Å²) in [6.07, 6.45) is 0.790. The number of carbonyl (C=O) groups excluding carboxylic acids is 1. The minimum absolute atomic E-state index is 0.365. The lowest BCUT2D eigenvalue weighted by atomic mass is 10.0. The van der Waals surface area contributed by atoms with Crippen LogP contribution >= 0.6 is 33.9 Å². The number of nitrogens with two attached hydrogens (primary N) is 1. The van der Waals surface area contributed by atoms with Gasteiger partial charge in [0.15, 0.2) is 0 Å². The summed E-state index contributed by atoms with van der Waals surface area (Å²) in [5, 5.41) is 0. The molecule has 2 N–H and O–H groups in total. The van der Waals surface area contributed by atoms with Gasteiger partial charge in [-0.25, -0.2) is 4.79 Å². The van der Waals surface area contributed by atoms with E-state index in [9.17, 15) is 4.79 Å². The van der Waals surface area contributed by atoms with Gasteiger partial charge in [0.25, 0.3) is 0 Å². The minimum Gasteiger partial charge on any atom is -0.465 e. The van der Waals surface area contributed by atoms with Crippen LogP contribution in [-0.2, 0) is 11.2 Å². The number of hydrogen-bond acceptors (Lipinski definition) is 4. The number of esters is 1. The van der Waals surface area contributed by atoms with Gasteiger partial charge in [0.1, 0.15) is 4.88 Å². The second kappa shape index (κ2) is 6.13. The van der Waals surface area contributed by atoms with Crippen LogP contribution < -0.4 is 5.73 Å². The van der Waals surface area contributed by atoms with E-state index in [1.165, 1.54) is 27.6 Å². The molecule has 0 radical (unpaired) electrons. The maximum Gasteiger partial charge on any atom is 0.350 e. The van der Waals surface area contributed by atoms with Gasteiger partial charge < -0.3 is 10.5 Å². The van der Waals surface area contributed by atoms with Gasteiger partial charge in [0.05, 0.1) is 12.8 Å². The van der Waals surface area contributed by atoms with Gasteiger partial charge in [-0.2, -0.15) is 0 Å². The second-order valence-corrected chi connectivity index (χ2v) is 6.53. The van der Waals surface area contributed by atoms with Crippen LogP contribution in [0.3, 0.4) is 0 Å². The van der Waals surface area contributed by atoms with E-state index in [-0.39, 0.29) is 5.97 Å². The number of nitrogen functional groups attached to an aromatic ring is 1. The zero-order valence-corrected chi connectivity index (χ0v) is 14.6. The van der Waals surface area contributed by atoms with Crippen molar-refractivity contribution in [2.45, 2.75) is 20.3 Å². The quantitative estimate of drug-likeness (QED) is 0.618. The van der Waals surface area contributed by atoms with E-state index >= 15 is 0 Å². The number of ether oxygens (including phenoxy) is 1. The number of anilines is 1. The van der Waals surface area contributed by atoms with Crippen molar-refractivity contribution in [3.8, 4) is 10.4 Å². The molecular weight excluding hydrogens is 385 g/mol. The fourth-order valence-corrected chi connectivity index (χ4v) is 4.19. The average molecular weight is 401 g/mol. The highest BCUT2D eigenvalue weighted by atomic mass is 127. The first-order chi connectivity index (χ1) is 9.51. The molecule has 0 atom stereocenters. The average Bonchev–Trinajstić information content (AvgIpc) is 2.77. The molecule has 0 aliphatic heterocycles. The Labute approximate surface area is 136 Å². The molecule has 20 heavy (non-hydrogen) atoms. The summed E-state index contributed by atoms with van der Waals surface area (Å²) in [5.74, 6) is -0.365. The number of hydrogen-bond donors (Lipinski definition) is 1. The van der Waals surface area contributed by atoms with Gasteiger partial charge in [0, 0.05) is 14.0 Å². The number of aryl methyl sites for hydroxylation is 1. The lowest BCUT2D eigenvalue weighted by Crippen LogP contribution is -2.02. The summed E-state index contributed by atoms with van der Waals surface area (Å²) in [4.78, 5) is 13.4. The van der Waals surface area contributed by atoms with Crippen molar-refractivity contribution in [1.29, 1.82) is 0 Å². The van der Waals surface area contributed by atoms with Crippen LogP contribution in [0.25, 0.3) is 10.4 Å². The topological polar surface area (TPSA) is 52.3 Å². The summed E-state index contributed by atoms with van der Waals surface area (Å²) < 4.78 is 6.00. The molecule has 0 aliphatic rings. The molecule has 5 heteroatoms. The predicted octanol–water partition coefficient (Wildman–Crippen LogP) is 4.26. The lowest BCUT2D eigenvalue weighted by molar-refractivity contribution is 0.0607. The smallest absolute Gasteiger partial charge is 0.350 e. The van der Waals surface area contributed by atoms with Crippen LogP contribution in [0.1, 0.15) is 27.7 Å². The van der Waals surface area contributed by atoms with Gasteiger partial charge in [-0.3, -0.25) is 0 Å². The maximum absolute atomic E-state index is 11.8. The predicted molar refractivity (Wildman–Crippen MR) is 92.3 cm³/mol. The second-order valence-electron chi connectivity index (χ2n) is 4.43. The molecule has 2 rings (SSSR count). The van der Waals surface area contributed by atoms with Crippen molar-refractivity contribution in [1.82, 2.24) is 0 Å². The number of halogens is 1. The fourth-order valence-electron chi connectivity index (χ4n) is 2.11. The van der Waals surface area contributed by atoms with E-state index in [2.05, 4.69) is 41.6 Å². The molecule has 0 saturated carbocycles. The van der Waals surface area contributed by atoms with Crippen molar-refractivity contribution in [2.75, 3.05) is 12.8 Å². The molecule has 0 amide bonds. The largest absolute Gasteiger partial charge is 0.465 e. The molecule has 2 aromatic rings. The number of carbonyl (C=O) groups is 1. The van der Waals surface area contributed by atoms with Crippen molar-refractivity contribution in [3.63, 3.8) is 0 Å². The summed E-state index contributed by atoms with van der Waals surface area (Å²) in [6, 6.07) is 6.18. The van der Waals surface area contributed by atoms with Gasteiger partial charge in [-0.1, -0.05) is 25.1 Å². The van der Waals surface area contributed by atoms with E-state index in [0.29, 0.717) is 10.6 Å². The first kappa shape index (κ1) is 15.3. The van der Waals surface area contributed by atoms with E-state index in [0.717, 1.165) is 22.4 Å². The molecular formula is C15H16INO2S. The van der Waals surface area contributed by atoms with Crippen LogP contribution in [0.5, 0.6) is 0 Å². The van der Waals surface area contributed by atoms with E-state index < -0.39 is 0 Å². The maximum atomic E-state index is 11.8. The Morgan fingerprint density at radius 2 is 2.15 bits per heavy atom. The lowest BCUT2D eigenvalue weighted by Gasteiger charge is -2.07. The molecule has 0 unspecified atom stereocenters. The van der Waals surface area contributed by atoms with Crippen LogP contribution in [-0.4, -0.2) is 13.1 Å². The first-order valence-electron chi connectivity index (χ1n) is 6.26. The van der Waals surface area contributed by atoms with E-state index in [4.69, 9.17) is 10.5 Å². The molecule has 0 bridgehead atoms. The molecule has 0 fully saturated rings. The molecule has 3 nitrogen and oxygen atoms in total. The number of benzene rings is 1. The van der Waals surface area contributed by atoms with Crippen LogP contribution in [0.4, 0.5) is 5.69 Å². The van der Waals surface area contributed by atoms with Crippen molar-refractivity contribution in [3.05, 3.63) is 37.8 Å². The van der Waals surface area contributed by atoms with Crippen LogP contribution in [0, 0.1) is 10.5 Å². The Morgan fingerprint density at radius 1 is 1.45 bits per heavy atom. The highest BCUT2D eigenvalue weighted by Gasteiger charge is 2.22. The number of thiophene rings is 1. The molecule has 1 heterocycles. The highest BCUT2D eigenvalue weighted by molar-refractivity contribution is 14.1. The molecule has 106 valence electrons. The third-order valence-electron chi connectivity index (χ3n) is 3.21. The SMILES string of the molecule is CCc1c(-c2cccc(C)c2I)sc(C(=O)OC)c1N. The summed E-state index contributed by atoms with van der Waals surface area (Å²) in [6.45, 7) is 4.13. The minimum atomic E-state index is -0.365.